The normalized spacial score (nSPS) is 21.3. The minimum atomic E-state index is 0.228. The molecule has 1 amide bonds. The first kappa shape index (κ1) is 13.5. The summed E-state index contributed by atoms with van der Waals surface area (Å²) in [5, 5.41) is 0. The van der Waals surface area contributed by atoms with E-state index in [-0.39, 0.29) is 5.91 Å². The number of piperidine rings is 1. The molecule has 16 heavy (non-hydrogen) atoms. The Hall–Kier alpha value is -0.530. The maximum atomic E-state index is 11.4. The smallest absolute Gasteiger partial charge is 0.219 e. The van der Waals surface area contributed by atoms with Gasteiger partial charge in [0.05, 0.1) is 0 Å². The summed E-state index contributed by atoms with van der Waals surface area (Å²) in [4.78, 5) is 13.3. The molecule has 1 saturated heterocycles. The van der Waals surface area contributed by atoms with Crippen molar-refractivity contribution >= 4 is 5.91 Å². The molecule has 2 heteroatoms. The van der Waals surface area contributed by atoms with Crippen molar-refractivity contribution in [2.75, 3.05) is 13.1 Å². The third-order valence-corrected chi connectivity index (χ3v) is 4.70. The Morgan fingerprint density at radius 3 is 1.88 bits per heavy atom. The van der Waals surface area contributed by atoms with E-state index < -0.39 is 0 Å². The molecule has 0 aromatic heterocycles. The summed E-state index contributed by atoms with van der Waals surface area (Å²) in [7, 11) is 0. The van der Waals surface area contributed by atoms with Gasteiger partial charge in [-0.2, -0.15) is 0 Å². The van der Waals surface area contributed by atoms with Crippen LogP contribution in [-0.2, 0) is 4.79 Å². The molecule has 1 rings (SSSR count). The van der Waals surface area contributed by atoms with Crippen LogP contribution < -0.4 is 0 Å². The molecule has 0 saturated carbocycles. The van der Waals surface area contributed by atoms with Gasteiger partial charge in [0, 0.05) is 20.0 Å². The molecule has 0 unspecified atom stereocenters. The van der Waals surface area contributed by atoms with Gasteiger partial charge in [-0.15, -0.1) is 0 Å². The third-order valence-electron chi connectivity index (χ3n) is 4.70. The maximum Gasteiger partial charge on any atom is 0.219 e. The molecule has 94 valence electrons. The number of carbonyl (C=O) groups is 1. The fourth-order valence-corrected chi connectivity index (χ4v) is 3.41. The van der Waals surface area contributed by atoms with Gasteiger partial charge in [-0.25, -0.2) is 0 Å². The quantitative estimate of drug-likeness (QED) is 0.670. The molecule has 1 fully saturated rings. The van der Waals surface area contributed by atoms with E-state index >= 15 is 0 Å². The summed E-state index contributed by atoms with van der Waals surface area (Å²) in [6, 6.07) is 0. The van der Waals surface area contributed by atoms with Crippen molar-refractivity contribution in [1.82, 2.24) is 4.90 Å². The second kappa shape index (κ2) is 4.38. The first-order valence-electron chi connectivity index (χ1n) is 6.46. The van der Waals surface area contributed by atoms with Crippen LogP contribution in [0.2, 0.25) is 0 Å². The fourth-order valence-electron chi connectivity index (χ4n) is 3.41. The predicted octanol–water partition coefficient (Wildman–Crippen LogP) is 3.32. The zero-order chi connectivity index (χ0) is 12.6. The standard InChI is InChI=1S/C14H27NO/c1-11(2)14(13(4,5)6)7-9-15(10-8-14)12(3)16/h11H,7-10H2,1-6H3. The Morgan fingerprint density at radius 2 is 1.62 bits per heavy atom. The zero-order valence-electron chi connectivity index (χ0n) is 11.8. The molecule has 1 aliphatic rings. The van der Waals surface area contributed by atoms with E-state index in [9.17, 15) is 4.79 Å². The Bertz CT molecular complexity index is 254. The molecule has 0 atom stereocenters. The van der Waals surface area contributed by atoms with Crippen LogP contribution in [0, 0.1) is 16.7 Å². The van der Waals surface area contributed by atoms with Gasteiger partial charge in [0.15, 0.2) is 0 Å². The maximum absolute atomic E-state index is 11.4. The van der Waals surface area contributed by atoms with Crippen LogP contribution in [0.25, 0.3) is 0 Å². The molecule has 0 aromatic carbocycles. The van der Waals surface area contributed by atoms with E-state index in [4.69, 9.17) is 0 Å². The van der Waals surface area contributed by atoms with Crippen LogP contribution in [0.15, 0.2) is 0 Å². The molecule has 0 aromatic rings. The summed E-state index contributed by atoms with van der Waals surface area (Å²) >= 11 is 0. The van der Waals surface area contributed by atoms with Gasteiger partial charge in [0.2, 0.25) is 5.91 Å². The molecule has 0 spiro atoms. The predicted molar refractivity (Wildman–Crippen MR) is 68.2 cm³/mol. The van der Waals surface area contributed by atoms with Crippen LogP contribution in [0.3, 0.4) is 0 Å². The highest BCUT2D eigenvalue weighted by Crippen LogP contribution is 2.51. The number of likely N-dealkylation sites (tertiary alicyclic amines) is 1. The van der Waals surface area contributed by atoms with Gasteiger partial charge in [-0.05, 0) is 29.6 Å². The van der Waals surface area contributed by atoms with Crippen LogP contribution in [0.4, 0.5) is 0 Å². The monoisotopic (exact) mass is 225 g/mol. The van der Waals surface area contributed by atoms with Crippen LogP contribution in [0.1, 0.15) is 54.4 Å². The minimum Gasteiger partial charge on any atom is -0.343 e. The SMILES string of the molecule is CC(=O)N1CCC(C(C)C)(C(C)(C)C)CC1. The minimum absolute atomic E-state index is 0.228. The Morgan fingerprint density at radius 1 is 1.19 bits per heavy atom. The summed E-state index contributed by atoms with van der Waals surface area (Å²) in [6.07, 6.45) is 2.29. The highest BCUT2D eigenvalue weighted by atomic mass is 16.2. The van der Waals surface area contributed by atoms with Crippen molar-refractivity contribution < 1.29 is 4.79 Å². The van der Waals surface area contributed by atoms with E-state index in [1.165, 1.54) is 0 Å². The number of nitrogens with zero attached hydrogens (tertiary/aromatic N) is 1. The van der Waals surface area contributed by atoms with Gasteiger partial charge in [0.25, 0.3) is 0 Å². The largest absolute Gasteiger partial charge is 0.343 e. The summed E-state index contributed by atoms with van der Waals surface area (Å²) in [5.41, 5.74) is 0.711. The molecule has 1 heterocycles. The highest BCUT2D eigenvalue weighted by molar-refractivity contribution is 5.73. The third kappa shape index (κ3) is 2.26. The lowest BCUT2D eigenvalue weighted by molar-refractivity contribution is -0.134. The van der Waals surface area contributed by atoms with Crippen LogP contribution in [-0.4, -0.2) is 23.9 Å². The second-order valence-electron chi connectivity index (χ2n) is 6.57. The lowest BCUT2D eigenvalue weighted by Crippen LogP contribution is -2.50. The van der Waals surface area contributed by atoms with E-state index in [0.29, 0.717) is 16.7 Å². The number of hydrogen-bond donors (Lipinski definition) is 0. The zero-order valence-corrected chi connectivity index (χ0v) is 11.8. The molecule has 0 bridgehead atoms. The van der Waals surface area contributed by atoms with Crippen molar-refractivity contribution in [3.8, 4) is 0 Å². The van der Waals surface area contributed by atoms with Crippen molar-refractivity contribution in [3.05, 3.63) is 0 Å². The molecule has 0 aliphatic carbocycles. The average Bonchev–Trinajstić information content (AvgIpc) is 2.15. The molecule has 0 N–H and O–H groups in total. The Kier molecular flexibility index (Phi) is 3.71. The van der Waals surface area contributed by atoms with Crippen molar-refractivity contribution in [3.63, 3.8) is 0 Å². The Balaban J connectivity index is 2.83. The van der Waals surface area contributed by atoms with Gasteiger partial charge in [-0.1, -0.05) is 34.6 Å². The number of hydrogen-bond acceptors (Lipinski definition) is 1. The van der Waals surface area contributed by atoms with Gasteiger partial charge >= 0.3 is 0 Å². The lowest BCUT2D eigenvalue weighted by atomic mass is 9.56. The Labute approximate surface area is 100 Å². The van der Waals surface area contributed by atoms with Crippen molar-refractivity contribution in [2.45, 2.75) is 54.4 Å². The topological polar surface area (TPSA) is 20.3 Å². The van der Waals surface area contributed by atoms with Crippen LogP contribution in [0.5, 0.6) is 0 Å². The molecule has 0 radical (unpaired) electrons. The van der Waals surface area contributed by atoms with Gasteiger partial charge < -0.3 is 4.90 Å². The van der Waals surface area contributed by atoms with E-state index in [2.05, 4.69) is 34.6 Å². The second-order valence-corrected chi connectivity index (χ2v) is 6.57. The number of rotatable bonds is 1. The molecular weight excluding hydrogens is 198 g/mol. The van der Waals surface area contributed by atoms with Crippen LogP contribution >= 0.6 is 0 Å². The average molecular weight is 225 g/mol. The first-order chi connectivity index (χ1) is 7.21. The van der Waals surface area contributed by atoms with E-state index in [0.717, 1.165) is 25.9 Å². The molecular formula is C14H27NO. The number of carbonyl (C=O) groups excluding carboxylic acids is 1. The van der Waals surface area contributed by atoms with Crippen molar-refractivity contribution in [2.24, 2.45) is 16.7 Å². The number of amides is 1. The van der Waals surface area contributed by atoms with Gasteiger partial charge in [-0.3, -0.25) is 4.79 Å². The van der Waals surface area contributed by atoms with E-state index in [1.807, 2.05) is 4.90 Å². The highest BCUT2D eigenvalue weighted by Gasteiger charge is 2.46. The lowest BCUT2D eigenvalue weighted by Gasteiger charge is -2.53. The summed E-state index contributed by atoms with van der Waals surface area (Å²) < 4.78 is 0. The summed E-state index contributed by atoms with van der Waals surface area (Å²) in [6.45, 7) is 15.2. The van der Waals surface area contributed by atoms with Gasteiger partial charge in [0.1, 0.15) is 0 Å². The molecule has 2 nitrogen and oxygen atoms in total. The molecule has 1 aliphatic heterocycles. The van der Waals surface area contributed by atoms with Crippen molar-refractivity contribution in [1.29, 1.82) is 0 Å². The fraction of sp³-hybridized carbons (Fsp3) is 0.929. The van der Waals surface area contributed by atoms with E-state index in [1.54, 1.807) is 6.92 Å². The first-order valence-corrected chi connectivity index (χ1v) is 6.46. The summed E-state index contributed by atoms with van der Waals surface area (Å²) in [5.74, 6) is 0.910.